The Hall–Kier alpha value is -3.07. The topological polar surface area (TPSA) is 113 Å². The number of hydrazine groups is 1. The SMILES string of the molecule is Cc1noc(C)c1CSc1ncccc1C(=O)NNC(=O)c1ccc[nH]1. The van der Waals surface area contributed by atoms with Crippen molar-refractivity contribution in [3.05, 3.63) is 64.9 Å². The molecule has 0 spiro atoms. The molecule has 2 amide bonds. The number of amides is 2. The first kappa shape index (κ1) is 17.7. The Morgan fingerprint density at radius 2 is 2.00 bits per heavy atom. The average molecular weight is 371 g/mol. The normalized spacial score (nSPS) is 10.5. The minimum absolute atomic E-state index is 0.351. The number of carbonyl (C=O) groups excluding carboxylic acids is 2. The number of hydrogen-bond donors (Lipinski definition) is 3. The first-order valence-corrected chi connectivity index (χ1v) is 8.78. The monoisotopic (exact) mass is 371 g/mol. The molecule has 3 N–H and O–H groups in total. The van der Waals surface area contributed by atoms with Gasteiger partial charge < -0.3 is 9.51 Å². The predicted octanol–water partition coefficient (Wildman–Crippen LogP) is 2.38. The number of nitrogens with zero attached hydrogens (tertiary/aromatic N) is 2. The number of pyridine rings is 1. The maximum atomic E-state index is 12.4. The lowest BCUT2D eigenvalue weighted by atomic mass is 10.2. The fourth-order valence-corrected chi connectivity index (χ4v) is 3.39. The number of H-pyrrole nitrogens is 1. The zero-order valence-electron chi connectivity index (χ0n) is 14.2. The largest absolute Gasteiger partial charge is 0.361 e. The van der Waals surface area contributed by atoms with Crippen LogP contribution in [0.5, 0.6) is 0 Å². The fourth-order valence-electron chi connectivity index (χ4n) is 2.25. The summed E-state index contributed by atoms with van der Waals surface area (Å²) in [6.45, 7) is 3.71. The number of nitrogens with one attached hydrogen (secondary N) is 3. The van der Waals surface area contributed by atoms with E-state index in [0.717, 1.165) is 17.0 Å². The van der Waals surface area contributed by atoms with Gasteiger partial charge in [-0.15, -0.1) is 11.8 Å². The number of rotatable bonds is 5. The summed E-state index contributed by atoms with van der Waals surface area (Å²) in [5, 5.41) is 4.48. The molecule has 3 heterocycles. The highest BCUT2D eigenvalue weighted by atomic mass is 32.2. The molecule has 0 radical (unpaired) electrons. The van der Waals surface area contributed by atoms with E-state index in [1.54, 1.807) is 36.7 Å². The van der Waals surface area contributed by atoms with E-state index in [4.69, 9.17) is 4.52 Å². The summed E-state index contributed by atoms with van der Waals surface area (Å²) in [5.41, 5.74) is 7.28. The van der Waals surface area contributed by atoms with E-state index in [1.165, 1.54) is 11.8 Å². The Bertz CT molecular complexity index is 901. The van der Waals surface area contributed by atoms with Gasteiger partial charge in [-0.2, -0.15) is 0 Å². The van der Waals surface area contributed by atoms with Crippen molar-refractivity contribution in [1.29, 1.82) is 0 Å². The van der Waals surface area contributed by atoms with Gasteiger partial charge >= 0.3 is 0 Å². The second-order valence-electron chi connectivity index (χ2n) is 5.44. The van der Waals surface area contributed by atoms with Gasteiger partial charge in [0, 0.05) is 23.7 Å². The molecule has 0 unspecified atom stereocenters. The molecule has 0 aliphatic rings. The van der Waals surface area contributed by atoms with Crippen LogP contribution in [0.1, 0.15) is 37.9 Å². The molecule has 8 nitrogen and oxygen atoms in total. The van der Waals surface area contributed by atoms with Gasteiger partial charge in [0.1, 0.15) is 16.5 Å². The molecule has 9 heteroatoms. The molecule has 0 fully saturated rings. The first-order valence-electron chi connectivity index (χ1n) is 7.80. The van der Waals surface area contributed by atoms with Crippen LogP contribution in [0.4, 0.5) is 0 Å². The Balaban J connectivity index is 1.66. The van der Waals surface area contributed by atoms with Crippen LogP contribution in [0.15, 0.2) is 46.2 Å². The molecule has 134 valence electrons. The standard InChI is InChI=1S/C17H17N5O3S/c1-10-13(11(2)25-22-10)9-26-17-12(5-3-8-19-17)15(23)20-21-16(24)14-6-4-7-18-14/h3-8,18H,9H2,1-2H3,(H,20,23)(H,21,24). The van der Waals surface area contributed by atoms with Crippen LogP contribution in [0.2, 0.25) is 0 Å². The summed E-state index contributed by atoms with van der Waals surface area (Å²) in [5.74, 6) is 0.444. The van der Waals surface area contributed by atoms with Gasteiger partial charge in [-0.25, -0.2) is 4.98 Å². The Kier molecular flexibility index (Phi) is 5.37. The van der Waals surface area contributed by atoms with Crippen LogP contribution in [-0.4, -0.2) is 26.9 Å². The second kappa shape index (κ2) is 7.87. The lowest BCUT2D eigenvalue weighted by molar-refractivity contribution is 0.0842. The zero-order chi connectivity index (χ0) is 18.5. The molecule has 26 heavy (non-hydrogen) atoms. The van der Waals surface area contributed by atoms with Crippen LogP contribution >= 0.6 is 11.8 Å². The van der Waals surface area contributed by atoms with Gasteiger partial charge in [-0.05, 0) is 38.1 Å². The third-order valence-corrected chi connectivity index (χ3v) is 4.71. The second-order valence-corrected chi connectivity index (χ2v) is 6.40. The molecule has 0 aliphatic carbocycles. The summed E-state index contributed by atoms with van der Waals surface area (Å²) >= 11 is 1.40. The summed E-state index contributed by atoms with van der Waals surface area (Å²) in [6.07, 6.45) is 3.24. The molecule has 0 atom stereocenters. The van der Waals surface area contributed by atoms with Crippen LogP contribution in [0, 0.1) is 13.8 Å². The predicted molar refractivity (Wildman–Crippen MR) is 95.5 cm³/mol. The molecule has 0 bridgehead atoms. The van der Waals surface area contributed by atoms with Crippen molar-refractivity contribution in [2.45, 2.75) is 24.6 Å². The van der Waals surface area contributed by atoms with Gasteiger partial charge in [0.15, 0.2) is 0 Å². The van der Waals surface area contributed by atoms with Crippen molar-refractivity contribution in [2.75, 3.05) is 0 Å². The van der Waals surface area contributed by atoms with Gasteiger partial charge in [0.25, 0.3) is 11.8 Å². The van der Waals surface area contributed by atoms with Crippen molar-refractivity contribution in [3.63, 3.8) is 0 Å². The van der Waals surface area contributed by atoms with Crippen LogP contribution in [-0.2, 0) is 5.75 Å². The van der Waals surface area contributed by atoms with Crippen LogP contribution < -0.4 is 10.9 Å². The summed E-state index contributed by atoms with van der Waals surface area (Å²) in [4.78, 5) is 31.3. The molecule has 0 aliphatic heterocycles. The van der Waals surface area contributed by atoms with Gasteiger partial charge in [0.05, 0.1) is 11.3 Å². The quantitative estimate of drug-likeness (QED) is 0.469. The van der Waals surface area contributed by atoms with Crippen LogP contribution in [0.25, 0.3) is 0 Å². The Morgan fingerprint density at radius 3 is 2.69 bits per heavy atom. The molecular formula is C17H17N5O3S. The summed E-state index contributed by atoms with van der Waals surface area (Å²) in [7, 11) is 0. The van der Waals surface area contributed by atoms with E-state index in [9.17, 15) is 9.59 Å². The number of aryl methyl sites for hydroxylation is 2. The highest BCUT2D eigenvalue weighted by molar-refractivity contribution is 7.98. The van der Waals surface area contributed by atoms with Gasteiger partial charge in [0.2, 0.25) is 0 Å². The number of aromatic nitrogens is 3. The molecule has 0 aromatic carbocycles. The maximum Gasteiger partial charge on any atom is 0.286 e. The Morgan fingerprint density at radius 1 is 1.19 bits per heavy atom. The molecule has 3 aromatic heterocycles. The lowest BCUT2D eigenvalue weighted by Gasteiger charge is -2.09. The smallest absolute Gasteiger partial charge is 0.286 e. The minimum atomic E-state index is -0.445. The number of hydrogen-bond acceptors (Lipinski definition) is 6. The van der Waals surface area contributed by atoms with E-state index in [2.05, 4.69) is 26.0 Å². The van der Waals surface area contributed by atoms with E-state index in [-0.39, 0.29) is 0 Å². The van der Waals surface area contributed by atoms with Crippen molar-refractivity contribution < 1.29 is 14.1 Å². The van der Waals surface area contributed by atoms with Crippen molar-refractivity contribution >= 4 is 23.6 Å². The van der Waals surface area contributed by atoms with Gasteiger partial charge in [-0.3, -0.25) is 20.4 Å². The van der Waals surface area contributed by atoms with Gasteiger partial charge in [-0.1, -0.05) is 5.16 Å². The maximum absolute atomic E-state index is 12.4. The third kappa shape index (κ3) is 3.94. The van der Waals surface area contributed by atoms with Crippen molar-refractivity contribution in [1.82, 2.24) is 26.0 Å². The zero-order valence-corrected chi connectivity index (χ0v) is 15.0. The lowest BCUT2D eigenvalue weighted by Crippen LogP contribution is -2.42. The van der Waals surface area contributed by atoms with E-state index in [0.29, 0.717) is 22.0 Å². The van der Waals surface area contributed by atoms with Crippen molar-refractivity contribution in [3.8, 4) is 0 Å². The van der Waals surface area contributed by atoms with E-state index >= 15 is 0 Å². The molecule has 0 saturated carbocycles. The van der Waals surface area contributed by atoms with E-state index < -0.39 is 11.8 Å². The highest BCUT2D eigenvalue weighted by Crippen LogP contribution is 2.27. The number of thioether (sulfide) groups is 1. The molecule has 3 aromatic rings. The average Bonchev–Trinajstić information content (AvgIpc) is 3.29. The number of aromatic amines is 1. The van der Waals surface area contributed by atoms with Crippen molar-refractivity contribution in [2.24, 2.45) is 0 Å². The number of carbonyl (C=O) groups is 2. The fraction of sp³-hybridized carbons (Fsp3) is 0.176. The third-order valence-electron chi connectivity index (χ3n) is 3.68. The molecule has 0 saturated heterocycles. The minimum Gasteiger partial charge on any atom is -0.361 e. The molecular weight excluding hydrogens is 354 g/mol. The highest BCUT2D eigenvalue weighted by Gasteiger charge is 2.16. The summed E-state index contributed by atoms with van der Waals surface area (Å²) in [6, 6.07) is 6.62. The van der Waals surface area contributed by atoms with Crippen LogP contribution in [0.3, 0.4) is 0 Å². The van der Waals surface area contributed by atoms with E-state index in [1.807, 2.05) is 13.8 Å². The molecule has 3 rings (SSSR count). The first-order chi connectivity index (χ1) is 12.6. The Labute approximate surface area is 153 Å². The summed E-state index contributed by atoms with van der Waals surface area (Å²) < 4.78 is 5.15.